The van der Waals surface area contributed by atoms with Crippen molar-refractivity contribution < 1.29 is 28.0 Å². The number of hydrogen-bond donors (Lipinski definition) is 2. The number of H-pyrrole nitrogens is 1. The third-order valence-corrected chi connectivity index (χ3v) is 7.37. The maximum Gasteiger partial charge on any atom is 0.415 e. The van der Waals surface area contributed by atoms with Gasteiger partial charge in [-0.05, 0) is 62.5 Å². The second kappa shape index (κ2) is 14.6. The summed E-state index contributed by atoms with van der Waals surface area (Å²) in [6, 6.07) is 11.3. The highest BCUT2D eigenvalue weighted by Crippen LogP contribution is 2.44. The molecule has 44 heavy (non-hydrogen) atoms. The number of nitro groups is 1. The molecule has 0 fully saturated rings. The maximum absolute atomic E-state index is 14.8. The summed E-state index contributed by atoms with van der Waals surface area (Å²) in [6.07, 6.45) is -0.964. The lowest BCUT2D eigenvalue weighted by Crippen LogP contribution is -2.33. The number of aromatic amines is 1. The lowest BCUT2D eigenvalue weighted by atomic mass is 10.0. The Labute approximate surface area is 259 Å². The number of nitrogens with zero attached hydrogens (tertiary/aromatic N) is 4. The predicted octanol–water partition coefficient (Wildman–Crippen LogP) is 5.58. The first-order valence-electron chi connectivity index (χ1n) is 12.8. The number of amides is 2. The van der Waals surface area contributed by atoms with Crippen molar-refractivity contribution in [2.75, 3.05) is 30.9 Å². The van der Waals surface area contributed by atoms with Gasteiger partial charge in [-0.3, -0.25) is 24.6 Å². The normalized spacial score (nSPS) is 10.7. The highest BCUT2D eigenvalue weighted by atomic mass is 35.5. The topological polar surface area (TPSA) is 151 Å². The minimum Gasteiger partial charge on any atom is -0.449 e. The lowest BCUT2D eigenvalue weighted by Gasteiger charge is -2.23. The van der Waals surface area contributed by atoms with Crippen LogP contribution < -0.4 is 15.8 Å². The van der Waals surface area contributed by atoms with Gasteiger partial charge < -0.3 is 15.0 Å². The van der Waals surface area contributed by atoms with E-state index in [0.717, 1.165) is 34.4 Å². The van der Waals surface area contributed by atoms with E-state index >= 15 is 0 Å². The highest BCUT2D eigenvalue weighted by molar-refractivity contribution is 7.20. The summed E-state index contributed by atoms with van der Waals surface area (Å²) in [5.41, 5.74) is -0.184. The Kier molecular flexibility index (Phi) is 11.2. The van der Waals surface area contributed by atoms with Crippen LogP contribution in [0.4, 0.5) is 30.1 Å². The zero-order valence-corrected chi connectivity index (χ0v) is 25.3. The molecule has 0 saturated carbocycles. The minimum atomic E-state index is -0.964. The first-order chi connectivity index (χ1) is 20.5. The highest BCUT2D eigenvalue weighted by Gasteiger charge is 2.33. The summed E-state index contributed by atoms with van der Waals surface area (Å²) in [7, 11) is 3.50. The number of hydrogen-bond acceptors (Lipinski definition) is 9. The van der Waals surface area contributed by atoms with E-state index in [-0.39, 0.29) is 47.6 Å². The molecule has 0 atom stereocenters. The number of anilines is 2. The molecular weight excluding hydrogens is 622 g/mol. The second-order valence-corrected chi connectivity index (χ2v) is 10.4. The number of non-ortho nitro benzene ring substituents is 1. The van der Waals surface area contributed by atoms with Gasteiger partial charge in [0.2, 0.25) is 0 Å². The van der Waals surface area contributed by atoms with Crippen molar-refractivity contribution in [2.24, 2.45) is 0 Å². The van der Waals surface area contributed by atoms with Gasteiger partial charge in [-0.15, -0.1) is 23.7 Å². The number of carbonyl (C=O) groups is 2. The number of thiophene rings is 1. The number of aromatic nitrogens is 2. The number of nitro benzene ring substituents is 1. The van der Waals surface area contributed by atoms with Crippen LogP contribution in [0, 0.1) is 21.7 Å². The van der Waals surface area contributed by atoms with Crippen molar-refractivity contribution in [3.8, 4) is 10.4 Å². The van der Waals surface area contributed by atoms with Crippen molar-refractivity contribution in [2.45, 2.75) is 20.0 Å². The molecule has 0 aliphatic heterocycles. The number of halogens is 3. The van der Waals surface area contributed by atoms with Crippen molar-refractivity contribution in [3.63, 3.8) is 0 Å². The predicted molar refractivity (Wildman–Crippen MR) is 163 cm³/mol. The average molecular weight is 649 g/mol. The maximum atomic E-state index is 14.8. The number of ether oxygens (including phenoxy) is 1. The zero-order valence-electron chi connectivity index (χ0n) is 23.6. The summed E-state index contributed by atoms with van der Waals surface area (Å²) in [5, 5.41) is 19.9. The molecule has 4 aromatic rings. The van der Waals surface area contributed by atoms with Crippen LogP contribution in [0.25, 0.3) is 10.4 Å². The lowest BCUT2D eigenvalue weighted by molar-refractivity contribution is -0.384. The Hall–Kier alpha value is -4.73. The average Bonchev–Trinajstić information content (AvgIpc) is 3.32. The standard InChI is InChI=1S/C28H26F2N6O6S.ClH/c1-4-42-28(39)35(15-18-20(29)6-5-7-21(18)30)27-24(26(38)31-22-12-13-23(37)33-32-22)19(14-34(2)3)25(43-27)16-8-10-17(11-9-16)36(40)41;/h5-13H,4,14-15H2,1-3H3,(H,33,37)(H,31,32,38);1H. The molecule has 4 rings (SSSR count). The number of nitrogens with one attached hydrogen (secondary N) is 2. The van der Waals surface area contributed by atoms with Crippen LogP contribution in [0.15, 0.2) is 59.4 Å². The van der Waals surface area contributed by atoms with Crippen molar-refractivity contribution in [1.82, 2.24) is 15.1 Å². The fourth-order valence-corrected chi connectivity index (χ4v) is 5.47. The van der Waals surface area contributed by atoms with Gasteiger partial charge in [0.1, 0.15) is 16.6 Å². The van der Waals surface area contributed by atoms with Crippen molar-refractivity contribution in [3.05, 3.63) is 103 Å². The largest absolute Gasteiger partial charge is 0.449 e. The quantitative estimate of drug-likeness (QED) is 0.167. The molecule has 0 unspecified atom stereocenters. The van der Waals surface area contributed by atoms with Gasteiger partial charge >= 0.3 is 6.09 Å². The molecule has 2 heterocycles. The third-order valence-electron chi connectivity index (χ3n) is 6.06. The number of rotatable bonds is 10. The van der Waals surface area contributed by atoms with Crippen LogP contribution in [0.1, 0.15) is 28.4 Å². The van der Waals surface area contributed by atoms with E-state index in [9.17, 15) is 33.3 Å². The molecule has 2 N–H and O–H groups in total. The Morgan fingerprint density at radius 2 is 1.70 bits per heavy atom. The van der Waals surface area contributed by atoms with Crippen molar-refractivity contribution in [1.29, 1.82) is 0 Å². The van der Waals surface area contributed by atoms with E-state index in [2.05, 4.69) is 15.5 Å². The number of benzene rings is 2. The van der Waals surface area contributed by atoms with Crippen LogP contribution >= 0.6 is 23.7 Å². The van der Waals surface area contributed by atoms with E-state index in [0.29, 0.717) is 16.0 Å². The monoisotopic (exact) mass is 648 g/mol. The third kappa shape index (κ3) is 7.61. The summed E-state index contributed by atoms with van der Waals surface area (Å²) < 4.78 is 34.8. The van der Waals surface area contributed by atoms with Gasteiger partial charge in [-0.2, -0.15) is 5.10 Å². The van der Waals surface area contributed by atoms with Crippen LogP contribution in [0.5, 0.6) is 0 Å². The molecule has 0 spiro atoms. The Morgan fingerprint density at radius 3 is 2.25 bits per heavy atom. The Balaban J connectivity index is 0.00000529. The minimum absolute atomic E-state index is 0. The van der Waals surface area contributed by atoms with Crippen LogP contribution in [0.2, 0.25) is 0 Å². The van der Waals surface area contributed by atoms with Gasteiger partial charge in [0, 0.05) is 35.2 Å². The smallest absolute Gasteiger partial charge is 0.415 e. The molecule has 16 heteroatoms. The van der Waals surface area contributed by atoms with Gasteiger partial charge in [-0.25, -0.2) is 18.7 Å². The molecule has 0 radical (unpaired) electrons. The SMILES string of the molecule is CCOC(=O)N(Cc1c(F)cccc1F)c1sc(-c2ccc([N+](=O)[O-])cc2)c(CN(C)C)c1C(=O)Nc1ccc(=O)[nH]n1.Cl. The first-order valence-corrected chi connectivity index (χ1v) is 13.6. The van der Waals surface area contributed by atoms with Gasteiger partial charge in [0.15, 0.2) is 5.82 Å². The van der Waals surface area contributed by atoms with E-state index in [1.54, 1.807) is 25.9 Å². The number of carbonyl (C=O) groups excluding carboxylic acids is 2. The molecule has 232 valence electrons. The van der Waals surface area contributed by atoms with Gasteiger partial charge in [0.05, 0.1) is 23.6 Å². The van der Waals surface area contributed by atoms with Gasteiger partial charge in [0.25, 0.3) is 17.2 Å². The summed E-state index contributed by atoms with van der Waals surface area (Å²) in [4.78, 5) is 52.7. The van der Waals surface area contributed by atoms with E-state index in [1.807, 2.05) is 0 Å². The van der Waals surface area contributed by atoms with Crippen LogP contribution in [-0.4, -0.2) is 52.7 Å². The van der Waals surface area contributed by atoms with Crippen LogP contribution in [0.3, 0.4) is 0 Å². The summed E-state index contributed by atoms with van der Waals surface area (Å²) in [5.74, 6) is -2.55. The van der Waals surface area contributed by atoms with Gasteiger partial charge in [-0.1, -0.05) is 6.07 Å². The van der Waals surface area contributed by atoms with Crippen LogP contribution in [-0.2, 0) is 17.8 Å². The van der Waals surface area contributed by atoms with Crippen molar-refractivity contribution >= 4 is 52.3 Å². The molecule has 0 aliphatic rings. The Morgan fingerprint density at radius 1 is 1.05 bits per heavy atom. The second-order valence-electron chi connectivity index (χ2n) is 9.38. The molecule has 2 aromatic heterocycles. The molecule has 0 saturated heterocycles. The fraction of sp³-hybridized carbons (Fsp3) is 0.214. The molecule has 0 bridgehead atoms. The van der Waals surface area contributed by atoms with E-state index < -0.39 is 46.2 Å². The zero-order chi connectivity index (χ0) is 31.3. The molecular formula is C28H27ClF2N6O6S. The van der Waals surface area contributed by atoms with E-state index in [1.165, 1.54) is 36.4 Å². The Bertz CT molecular complexity index is 1690. The summed E-state index contributed by atoms with van der Waals surface area (Å²) >= 11 is 0.975. The fourth-order valence-electron chi connectivity index (χ4n) is 4.17. The van der Waals surface area contributed by atoms with E-state index in [4.69, 9.17) is 4.74 Å². The first kappa shape index (κ1) is 33.8. The molecule has 12 nitrogen and oxygen atoms in total. The molecule has 0 aliphatic carbocycles. The molecule has 2 amide bonds. The molecule has 2 aromatic carbocycles. The summed E-state index contributed by atoms with van der Waals surface area (Å²) in [6.45, 7) is 1.04.